The number of hydrogen-bond acceptors (Lipinski definition) is 3. The van der Waals surface area contributed by atoms with Crippen molar-refractivity contribution < 1.29 is 9.53 Å². The van der Waals surface area contributed by atoms with E-state index in [1.54, 1.807) is 13.2 Å². The topological polar surface area (TPSA) is 56.1 Å². The number of carbonyl (C=O) groups is 1. The maximum Gasteiger partial charge on any atom is 0.251 e. The predicted molar refractivity (Wildman–Crippen MR) is 84.0 cm³/mol. The van der Waals surface area contributed by atoms with Crippen molar-refractivity contribution in [3.8, 4) is 5.75 Å². The van der Waals surface area contributed by atoms with Gasteiger partial charge in [0.1, 0.15) is 5.75 Å². The molecule has 0 saturated heterocycles. The first-order valence-corrected chi connectivity index (χ1v) is 7.70. The smallest absolute Gasteiger partial charge is 0.251 e. The average Bonchev–Trinajstić information content (AvgIpc) is 3.10. The summed E-state index contributed by atoms with van der Waals surface area (Å²) < 4.78 is 7.19. The quantitative estimate of drug-likeness (QED) is 0.944. The highest BCUT2D eigenvalue weighted by Crippen LogP contribution is 2.28. The van der Waals surface area contributed by atoms with E-state index < -0.39 is 0 Å². The van der Waals surface area contributed by atoms with E-state index in [2.05, 4.69) is 10.4 Å². The Labute approximate surface area is 130 Å². The summed E-state index contributed by atoms with van der Waals surface area (Å²) in [7, 11) is 1.60. The molecule has 1 aromatic carbocycles. The second-order valence-corrected chi connectivity index (χ2v) is 5.70. The summed E-state index contributed by atoms with van der Waals surface area (Å²) in [5.74, 6) is 0.677. The van der Waals surface area contributed by atoms with E-state index in [-0.39, 0.29) is 11.9 Å². The summed E-state index contributed by atoms with van der Waals surface area (Å²) in [5.41, 5.74) is 0.647. The largest absolute Gasteiger partial charge is 0.497 e. The zero-order chi connectivity index (χ0) is 15.4. The van der Waals surface area contributed by atoms with E-state index in [0.29, 0.717) is 17.4 Å². The maximum atomic E-state index is 12.3. The van der Waals surface area contributed by atoms with Crippen LogP contribution in [0.15, 0.2) is 42.7 Å². The van der Waals surface area contributed by atoms with Crippen LogP contribution in [0.2, 0.25) is 0 Å². The van der Waals surface area contributed by atoms with Gasteiger partial charge in [0, 0.05) is 24.0 Å². The molecule has 2 aromatic rings. The zero-order valence-electron chi connectivity index (χ0n) is 12.7. The Bertz CT molecular complexity index is 617. The van der Waals surface area contributed by atoms with E-state index >= 15 is 0 Å². The predicted octanol–water partition coefficient (Wildman–Crippen LogP) is 2.81. The third-order valence-electron chi connectivity index (χ3n) is 4.26. The molecule has 1 heterocycles. The molecule has 1 N–H and O–H groups in total. The minimum Gasteiger partial charge on any atom is -0.497 e. The summed E-state index contributed by atoms with van der Waals surface area (Å²) in [6.45, 7) is 0. The van der Waals surface area contributed by atoms with E-state index in [1.165, 1.54) is 0 Å². The van der Waals surface area contributed by atoms with Crippen LogP contribution in [0.25, 0.3) is 0 Å². The number of amides is 1. The minimum absolute atomic E-state index is 0.0264. The molecular weight excluding hydrogens is 278 g/mol. The van der Waals surface area contributed by atoms with Crippen molar-refractivity contribution in [2.75, 3.05) is 7.11 Å². The van der Waals surface area contributed by atoms with Gasteiger partial charge in [-0.1, -0.05) is 6.07 Å². The van der Waals surface area contributed by atoms with Crippen molar-refractivity contribution in [1.82, 2.24) is 15.1 Å². The van der Waals surface area contributed by atoms with Gasteiger partial charge in [0.25, 0.3) is 5.91 Å². The Hall–Kier alpha value is -2.30. The van der Waals surface area contributed by atoms with Gasteiger partial charge in [0.15, 0.2) is 0 Å². The highest BCUT2D eigenvalue weighted by molar-refractivity contribution is 5.94. The van der Waals surface area contributed by atoms with Gasteiger partial charge in [-0.15, -0.1) is 0 Å². The lowest BCUT2D eigenvalue weighted by Crippen LogP contribution is -2.38. The normalized spacial score (nSPS) is 21.3. The minimum atomic E-state index is -0.0264. The molecule has 3 rings (SSSR count). The zero-order valence-corrected chi connectivity index (χ0v) is 12.7. The van der Waals surface area contributed by atoms with Crippen LogP contribution in [0.1, 0.15) is 42.1 Å². The van der Waals surface area contributed by atoms with Crippen LogP contribution >= 0.6 is 0 Å². The lowest BCUT2D eigenvalue weighted by atomic mass is 9.91. The fourth-order valence-electron chi connectivity index (χ4n) is 3.01. The average molecular weight is 299 g/mol. The second-order valence-electron chi connectivity index (χ2n) is 5.70. The Kier molecular flexibility index (Phi) is 4.42. The van der Waals surface area contributed by atoms with Crippen LogP contribution in [0.5, 0.6) is 5.75 Å². The van der Waals surface area contributed by atoms with Crippen molar-refractivity contribution in [3.63, 3.8) is 0 Å². The van der Waals surface area contributed by atoms with Crippen molar-refractivity contribution >= 4 is 5.91 Å². The number of hydrogen-bond donors (Lipinski definition) is 1. The molecular formula is C17H21N3O2. The summed E-state index contributed by atoms with van der Waals surface area (Å²) >= 11 is 0. The molecule has 1 saturated carbocycles. The highest BCUT2D eigenvalue weighted by Gasteiger charge is 2.24. The van der Waals surface area contributed by atoms with Crippen molar-refractivity contribution in [3.05, 3.63) is 48.3 Å². The first kappa shape index (κ1) is 14.6. The van der Waals surface area contributed by atoms with Crippen LogP contribution in [-0.4, -0.2) is 28.8 Å². The summed E-state index contributed by atoms with van der Waals surface area (Å²) in [6.07, 6.45) is 7.90. The number of methoxy groups -OCH3 is 1. The lowest BCUT2D eigenvalue weighted by Gasteiger charge is -2.29. The number of nitrogens with zero attached hydrogens (tertiary/aromatic N) is 2. The molecule has 1 amide bonds. The van der Waals surface area contributed by atoms with Crippen molar-refractivity contribution in [2.45, 2.75) is 37.8 Å². The molecule has 0 radical (unpaired) electrons. The van der Waals surface area contributed by atoms with Gasteiger partial charge >= 0.3 is 0 Å². The van der Waals surface area contributed by atoms with E-state index in [4.69, 9.17) is 4.74 Å². The number of ether oxygens (including phenoxy) is 1. The standard InChI is InChI=1S/C17H21N3O2/c1-22-16-5-2-4-13(12-16)17(21)19-14-6-8-15(9-7-14)20-11-3-10-18-20/h2-5,10-12,14-15H,6-9H2,1H3,(H,19,21). The van der Waals surface area contributed by atoms with Gasteiger partial charge in [0.2, 0.25) is 0 Å². The molecule has 5 heteroatoms. The molecule has 0 unspecified atom stereocenters. The first-order valence-electron chi connectivity index (χ1n) is 7.70. The van der Waals surface area contributed by atoms with Crippen LogP contribution in [-0.2, 0) is 0 Å². The van der Waals surface area contributed by atoms with Crippen LogP contribution in [0.3, 0.4) is 0 Å². The summed E-state index contributed by atoms with van der Waals surface area (Å²) in [6, 6.07) is 9.91. The molecule has 5 nitrogen and oxygen atoms in total. The molecule has 22 heavy (non-hydrogen) atoms. The highest BCUT2D eigenvalue weighted by atomic mass is 16.5. The van der Waals surface area contributed by atoms with Crippen LogP contribution < -0.4 is 10.1 Å². The summed E-state index contributed by atoms with van der Waals surface area (Å²) in [5, 5.41) is 7.44. The molecule has 116 valence electrons. The number of nitrogens with one attached hydrogen (secondary N) is 1. The Morgan fingerprint density at radius 3 is 2.77 bits per heavy atom. The number of benzene rings is 1. The number of rotatable bonds is 4. The number of aromatic nitrogens is 2. The third kappa shape index (κ3) is 3.30. The van der Waals surface area contributed by atoms with E-state index in [9.17, 15) is 4.79 Å². The third-order valence-corrected chi connectivity index (χ3v) is 4.26. The molecule has 1 aliphatic rings. The molecule has 1 aromatic heterocycles. The van der Waals surface area contributed by atoms with Crippen molar-refractivity contribution in [1.29, 1.82) is 0 Å². The maximum absolute atomic E-state index is 12.3. The molecule has 0 bridgehead atoms. The van der Waals surface area contributed by atoms with Crippen LogP contribution in [0, 0.1) is 0 Å². The van der Waals surface area contributed by atoms with Gasteiger partial charge in [-0.05, 0) is 49.9 Å². The molecule has 0 spiro atoms. The van der Waals surface area contributed by atoms with Gasteiger partial charge in [-0.25, -0.2) is 0 Å². The SMILES string of the molecule is COc1cccc(C(=O)NC2CCC(n3cccn3)CC2)c1. The molecule has 0 aliphatic heterocycles. The molecule has 1 aliphatic carbocycles. The second kappa shape index (κ2) is 6.64. The monoisotopic (exact) mass is 299 g/mol. The summed E-state index contributed by atoms with van der Waals surface area (Å²) in [4.78, 5) is 12.3. The number of carbonyl (C=O) groups excluding carboxylic acids is 1. The van der Waals surface area contributed by atoms with Gasteiger partial charge < -0.3 is 10.1 Å². The van der Waals surface area contributed by atoms with E-state index in [0.717, 1.165) is 25.7 Å². The fourth-order valence-corrected chi connectivity index (χ4v) is 3.01. The van der Waals surface area contributed by atoms with Crippen LogP contribution in [0.4, 0.5) is 0 Å². The van der Waals surface area contributed by atoms with Gasteiger partial charge in [-0.3, -0.25) is 9.48 Å². The lowest BCUT2D eigenvalue weighted by molar-refractivity contribution is 0.0921. The Morgan fingerprint density at radius 1 is 1.27 bits per heavy atom. The molecule has 1 fully saturated rings. The van der Waals surface area contributed by atoms with E-state index in [1.807, 2.05) is 41.3 Å². The van der Waals surface area contributed by atoms with Gasteiger partial charge in [0.05, 0.1) is 13.2 Å². The fraction of sp³-hybridized carbons (Fsp3) is 0.412. The first-order chi connectivity index (χ1) is 10.8. The Balaban J connectivity index is 1.55. The Morgan fingerprint density at radius 2 is 2.09 bits per heavy atom. The van der Waals surface area contributed by atoms with Crippen molar-refractivity contribution in [2.24, 2.45) is 0 Å². The van der Waals surface area contributed by atoms with Gasteiger partial charge in [-0.2, -0.15) is 5.10 Å². The molecule has 0 atom stereocenters.